The second-order valence-electron chi connectivity index (χ2n) is 5.89. The van der Waals surface area contributed by atoms with Crippen molar-refractivity contribution < 1.29 is 14.0 Å². The van der Waals surface area contributed by atoms with Gasteiger partial charge in [-0.3, -0.25) is 9.59 Å². The molecule has 0 saturated heterocycles. The minimum Gasteiger partial charge on any atom is -0.321 e. The van der Waals surface area contributed by atoms with Gasteiger partial charge in [0, 0.05) is 16.3 Å². The van der Waals surface area contributed by atoms with E-state index in [0.717, 1.165) is 0 Å². The van der Waals surface area contributed by atoms with Crippen molar-refractivity contribution in [3.05, 3.63) is 107 Å². The second-order valence-corrected chi connectivity index (χ2v) is 6.33. The van der Waals surface area contributed by atoms with Crippen LogP contribution in [0.25, 0.3) is 6.08 Å². The molecule has 2 N–H and O–H groups in total. The molecule has 0 saturated carbocycles. The second kappa shape index (κ2) is 8.97. The number of benzene rings is 3. The number of halogens is 2. The minimum absolute atomic E-state index is 0.0235. The van der Waals surface area contributed by atoms with Crippen LogP contribution in [-0.2, 0) is 4.79 Å². The van der Waals surface area contributed by atoms with E-state index < -0.39 is 17.6 Å². The van der Waals surface area contributed by atoms with Crippen molar-refractivity contribution in [3.8, 4) is 0 Å². The van der Waals surface area contributed by atoms with Gasteiger partial charge in [-0.2, -0.15) is 0 Å². The van der Waals surface area contributed by atoms with Crippen LogP contribution in [0, 0.1) is 5.82 Å². The van der Waals surface area contributed by atoms with Crippen LogP contribution in [0.4, 0.5) is 10.1 Å². The Balaban J connectivity index is 1.86. The maximum atomic E-state index is 13.2. The molecule has 4 nitrogen and oxygen atoms in total. The topological polar surface area (TPSA) is 58.2 Å². The Morgan fingerprint density at radius 3 is 2.14 bits per heavy atom. The fourth-order valence-corrected chi connectivity index (χ4v) is 2.53. The lowest BCUT2D eigenvalue weighted by molar-refractivity contribution is -0.113. The van der Waals surface area contributed by atoms with E-state index in [1.807, 2.05) is 0 Å². The van der Waals surface area contributed by atoms with E-state index in [9.17, 15) is 14.0 Å². The summed E-state index contributed by atoms with van der Waals surface area (Å²) in [4.78, 5) is 25.2. The third kappa shape index (κ3) is 5.28. The smallest absolute Gasteiger partial charge is 0.272 e. The van der Waals surface area contributed by atoms with Gasteiger partial charge >= 0.3 is 0 Å². The van der Waals surface area contributed by atoms with Crippen molar-refractivity contribution in [3.63, 3.8) is 0 Å². The Bertz CT molecular complexity index is 1000. The van der Waals surface area contributed by atoms with Crippen LogP contribution in [0.2, 0.25) is 5.02 Å². The first-order valence-electron chi connectivity index (χ1n) is 8.42. The molecule has 0 spiro atoms. The Morgan fingerprint density at radius 2 is 1.50 bits per heavy atom. The molecule has 6 heteroatoms. The summed E-state index contributed by atoms with van der Waals surface area (Å²) >= 11 is 5.86. The number of anilines is 1. The van der Waals surface area contributed by atoms with E-state index in [1.165, 1.54) is 30.3 Å². The molecule has 140 valence electrons. The molecule has 3 rings (SSSR count). The van der Waals surface area contributed by atoms with Crippen molar-refractivity contribution in [2.75, 3.05) is 5.32 Å². The van der Waals surface area contributed by atoms with E-state index >= 15 is 0 Å². The molecular formula is C22H16ClFN2O2. The van der Waals surface area contributed by atoms with Gasteiger partial charge in [0.1, 0.15) is 11.5 Å². The molecule has 3 aromatic carbocycles. The van der Waals surface area contributed by atoms with Crippen molar-refractivity contribution >= 4 is 35.2 Å². The fourth-order valence-electron chi connectivity index (χ4n) is 2.40. The Hall–Kier alpha value is -3.44. The van der Waals surface area contributed by atoms with Gasteiger partial charge in [0.15, 0.2) is 0 Å². The highest BCUT2D eigenvalue weighted by Crippen LogP contribution is 2.15. The summed E-state index contributed by atoms with van der Waals surface area (Å²) in [6.45, 7) is 0. The highest BCUT2D eigenvalue weighted by atomic mass is 35.5. The molecule has 2 amide bonds. The first-order valence-corrected chi connectivity index (χ1v) is 8.79. The van der Waals surface area contributed by atoms with Gasteiger partial charge in [-0.05, 0) is 60.2 Å². The quantitative estimate of drug-likeness (QED) is 0.605. The molecule has 0 aliphatic rings. The summed E-state index contributed by atoms with van der Waals surface area (Å²) < 4.78 is 13.2. The van der Waals surface area contributed by atoms with Crippen molar-refractivity contribution in [2.45, 2.75) is 0 Å². The SMILES string of the molecule is O=C(Nc1ccc(Cl)cc1)C(=Cc1ccc(F)cc1)NC(=O)c1ccccc1. The van der Waals surface area contributed by atoms with Gasteiger partial charge in [-0.15, -0.1) is 0 Å². The summed E-state index contributed by atoms with van der Waals surface area (Å²) in [5.41, 5.74) is 1.52. The standard InChI is InChI=1S/C22H16ClFN2O2/c23-17-8-12-19(13-9-17)25-22(28)20(14-15-6-10-18(24)11-7-15)26-21(27)16-4-2-1-3-5-16/h1-14H,(H,25,28)(H,26,27). The van der Waals surface area contributed by atoms with Crippen LogP contribution in [-0.4, -0.2) is 11.8 Å². The normalized spacial score (nSPS) is 11.0. The molecule has 0 fully saturated rings. The van der Waals surface area contributed by atoms with Crippen LogP contribution in [0.1, 0.15) is 15.9 Å². The van der Waals surface area contributed by atoms with Crippen LogP contribution in [0.15, 0.2) is 84.6 Å². The van der Waals surface area contributed by atoms with E-state index in [2.05, 4.69) is 10.6 Å². The molecule has 28 heavy (non-hydrogen) atoms. The lowest BCUT2D eigenvalue weighted by Gasteiger charge is -2.11. The van der Waals surface area contributed by atoms with E-state index in [-0.39, 0.29) is 5.70 Å². The Labute approximate surface area is 166 Å². The predicted molar refractivity (Wildman–Crippen MR) is 108 cm³/mol. The predicted octanol–water partition coefficient (Wildman–Crippen LogP) is 4.89. The van der Waals surface area contributed by atoms with Gasteiger partial charge in [0.05, 0.1) is 0 Å². The number of hydrogen-bond acceptors (Lipinski definition) is 2. The lowest BCUT2D eigenvalue weighted by atomic mass is 10.1. The van der Waals surface area contributed by atoms with Crippen LogP contribution < -0.4 is 10.6 Å². The molecule has 0 unspecified atom stereocenters. The number of hydrogen-bond donors (Lipinski definition) is 2. The number of amides is 2. The van der Waals surface area contributed by atoms with Crippen molar-refractivity contribution in [1.29, 1.82) is 0 Å². The molecule has 3 aromatic rings. The van der Waals surface area contributed by atoms with E-state index in [0.29, 0.717) is 21.8 Å². The van der Waals surface area contributed by atoms with Gasteiger partial charge in [-0.25, -0.2) is 4.39 Å². The number of rotatable bonds is 5. The zero-order chi connectivity index (χ0) is 19.9. The Morgan fingerprint density at radius 1 is 0.857 bits per heavy atom. The van der Waals surface area contributed by atoms with Crippen molar-refractivity contribution in [1.82, 2.24) is 5.32 Å². The molecule has 0 heterocycles. The fraction of sp³-hybridized carbons (Fsp3) is 0. The first-order chi connectivity index (χ1) is 13.5. The zero-order valence-electron chi connectivity index (χ0n) is 14.7. The number of carbonyl (C=O) groups is 2. The number of carbonyl (C=O) groups excluding carboxylic acids is 2. The maximum absolute atomic E-state index is 13.2. The van der Waals surface area contributed by atoms with Gasteiger partial charge in [0.25, 0.3) is 11.8 Å². The molecular weight excluding hydrogens is 379 g/mol. The van der Waals surface area contributed by atoms with Gasteiger partial charge in [-0.1, -0.05) is 41.9 Å². The first kappa shape index (κ1) is 19.3. The van der Waals surface area contributed by atoms with Crippen molar-refractivity contribution in [2.24, 2.45) is 0 Å². The molecule has 0 aliphatic heterocycles. The monoisotopic (exact) mass is 394 g/mol. The van der Waals surface area contributed by atoms with E-state index in [1.54, 1.807) is 54.6 Å². The summed E-state index contributed by atoms with van der Waals surface area (Å²) in [5.74, 6) is -1.34. The summed E-state index contributed by atoms with van der Waals surface area (Å²) in [6, 6.07) is 20.7. The lowest BCUT2D eigenvalue weighted by Crippen LogP contribution is -2.30. The summed E-state index contributed by atoms with van der Waals surface area (Å²) in [6.07, 6.45) is 1.48. The Kier molecular flexibility index (Phi) is 6.19. The molecule has 0 aromatic heterocycles. The summed E-state index contributed by atoms with van der Waals surface area (Å²) in [7, 11) is 0. The van der Waals surface area contributed by atoms with Crippen LogP contribution >= 0.6 is 11.6 Å². The average molecular weight is 395 g/mol. The average Bonchev–Trinajstić information content (AvgIpc) is 2.71. The highest BCUT2D eigenvalue weighted by Gasteiger charge is 2.15. The highest BCUT2D eigenvalue weighted by molar-refractivity contribution is 6.30. The maximum Gasteiger partial charge on any atom is 0.272 e. The van der Waals surface area contributed by atoms with E-state index in [4.69, 9.17) is 11.6 Å². The van der Waals surface area contributed by atoms with Crippen LogP contribution in [0.5, 0.6) is 0 Å². The molecule has 0 bridgehead atoms. The minimum atomic E-state index is -0.518. The third-order valence-electron chi connectivity index (χ3n) is 3.81. The molecule has 0 aliphatic carbocycles. The third-order valence-corrected chi connectivity index (χ3v) is 4.06. The molecule has 0 radical (unpaired) electrons. The van der Waals surface area contributed by atoms with Gasteiger partial charge in [0.2, 0.25) is 0 Å². The number of nitrogens with one attached hydrogen (secondary N) is 2. The zero-order valence-corrected chi connectivity index (χ0v) is 15.4. The molecule has 0 atom stereocenters. The van der Waals surface area contributed by atoms with Gasteiger partial charge < -0.3 is 10.6 Å². The summed E-state index contributed by atoms with van der Waals surface area (Å²) in [5, 5.41) is 5.86. The van der Waals surface area contributed by atoms with Crippen LogP contribution in [0.3, 0.4) is 0 Å². The largest absolute Gasteiger partial charge is 0.321 e.